The van der Waals surface area contributed by atoms with Crippen LogP contribution in [-0.2, 0) is 4.79 Å². The maximum atomic E-state index is 10.6. The molecule has 0 atom stereocenters. The van der Waals surface area contributed by atoms with E-state index in [1.807, 2.05) is 0 Å². The van der Waals surface area contributed by atoms with Crippen LogP contribution in [0.2, 0.25) is 0 Å². The van der Waals surface area contributed by atoms with Gasteiger partial charge in [0, 0.05) is 0 Å². The molecule has 0 amide bonds. The zero-order chi connectivity index (χ0) is 12.7. The number of carboxylic acid groups (broad SMARTS) is 1. The Balaban J connectivity index is 1.95. The Morgan fingerprint density at radius 2 is 1.65 bits per heavy atom. The number of carboxylic acids is 1. The third-order valence-electron chi connectivity index (χ3n) is 3.85. The van der Waals surface area contributed by atoms with Gasteiger partial charge in [0.25, 0.3) is 0 Å². The van der Waals surface area contributed by atoms with Gasteiger partial charge in [-0.2, -0.15) is 0 Å². The van der Waals surface area contributed by atoms with Gasteiger partial charge in [0.15, 0.2) is 0 Å². The van der Waals surface area contributed by atoms with E-state index >= 15 is 0 Å². The largest absolute Gasteiger partial charge is 0.481 e. The molecule has 0 heterocycles. The highest BCUT2D eigenvalue weighted by Crippen LogP contribution is 2.41. The third-order valence-corrected chi connectivity index (χ3v) is 3.85. The Morgan fingerprint density at radius 1 is 1.12 bits per heavy atom. The molecule has 0 bridgehead atoms. The minimum Gasteiger partial charge on any atom is -0.481 e. The van der Waals surface area contributed by atoms with Crippen molar-refractivity contribution in [2.45, 2.75) is 76.7 Å². The number of hydrogen-bond donors (Lipinski definition) is 2. The molecule has 3 heteroatoms. The van der Waals surface area contributed by atoms with E-state index in [0.29, 0.717) is 12.8 Å². The van der Waals surface area contributed by atoms with Crippen molar-refractivity contribution < 1.29 is 15.0 Å². The molecule has 1 fully saturated rings. The zero-order valence-corrected chi connectivity index (χ0v) is 11.0. The average Bonchev–Trinajstić information content (AvgIpc) is 2.24. The van der Waals surface area contributed by atoms with Crippen LogP contribution in [-0.4, -0.2) is 21.8 Å². The van der Waals surface area contributed by atoms with Crippen LogP contribution in [0.3, 0.4) is 0 Å². The molecule has 17 heavy (non-hydrogen) atoms. The molecule has 1 aliphatic carbocycles. The second-order valence-corrected chi connectivity index (χ2v) is 5.54. The summed E-state index contributed by atoms with van der Waals surface area (Å²) in [4.78, 5) is 10.6. The number of aliphatic hydroxyl groups is 1. The molecule has 0 aromatic heterocycles. The Morgan fingerprint density at radius 3 is 2.18 bits per heavy atom. The van der Waals surface area contributed by atoms with E-state index in [9.17, 15) is 9.90 Å². The molecule has 0 unspecified atom stereocenters. The fourth-order valence-electron chi connectivity index (χ4n) is 2.65. The molecule has 3 nitrogen and oxygen atoms in total. The van der Waals surface area contributed by atoms with Crippen LogP contribution >= 0.6 is 0 Å². The monoisotopic (exact) mass is 242 g/mol. The summed E-state index contributed by atoms with van der Waals surface area (Å²) in [5.74, 6) is -1.06. The predicted octanol–water partition coefficient (Wildman–Crippen LogP) is 3.35. The van der Waals surface area contributed by atoms with Gasteiger partial charge in [0.05, 0.1) is 11.5 Å². The van der Waals surface area contributed by atoms with Crippen molar-refractivity contribution in [2.24, 2.45) is 5.92 Å². The van der Waals surface area contributed by atoms with Gasteiger partial charge in [-0.3, -0.25) is 4.79 Å². The van der Waals surface area contributed by atoms with E-state index in [4.69, 9.17) is 5.11 Å². The van der Waals surface area contributed by atoms with Gasteiger partial charge >= 0.3 is 5.97 Å². The van der Waals surface area contributed by atoms with Crippen LogP contribution < -0.4 is 0 Å². The van der Waals surface area contributed by atoms with Crippen molar-refractivity contribution in [1.29, 1.82) is 0 Å². The van der Waals surface area contributed by atoms with Gasteiger partial charge in [0.2, 0.25) is 0 Å². The first-order valence-corrected chi connectivity index (χ1v) is 7.02. The summed E-state index contributed by atoms with van der Waals surface area (Å²) in [5.41, 5.74) is -0.660. The van der Waals surface area contributed by atoms with Crippen molar-refractivity contribution in [1.82, 2.24) is 0 Å². The predicted molar refractivity (Wildman–Crippen MR) is 67.9 cm³/mol. The smallest absolute Gasteiger partial charge is 0.306 e. The van der Waals surface area contributed by atoms with Gasteiger partial charge < -0.3 is 10.2 Å². The molecule has 100 valence electrons. The van der Waals surface area contributed by atoms with E-state index < -0.39 is 11.6 Å². The van der Waals surface area contributed by atoms with Crippen molar-refractivity contribution in [3.8, 4) is 0 Å². The number of aliphatic carboxylic acids is 1. The van der Waals surface area contributed by atoms with E-state index in [-0.39, 0.29) is 5.92 Å². The van der Waals surface area contributed by atoms with Crippen molar-refractivity contribution >= 4 is 5.97 Å². The molecule has 2 N–H and O–H groups in total. The first kappa shape index (κ1) is 14.5. The Kier molecular flexibility index (Phi) is 5.96. The highest BCUT2D eigenvalue weighted by Gasteiger charge is 2.45. The summed E-state index contributed by atoms with van der Waals surface area (Å²) >= 11 is 0. The molecule has 0 spiro atoms. The quantitative estimate of drug-likeness (QED) is 0.610. The first-order chi connectivity index (χ1) is 8.07. The molecule has 0 aromatic carbocycles. The van der Waals surface area contributed by atoms with Crippen LogP contribution in [0.1, 0.15) is 71.1 Å². The molecule has 0 aromatic rings. The molecular weight excluding hydrogens is 216 g/mol. The number of hydrogen-bond acceptors (Lipinski definition) is 2. The molecule has 1 saturated carbocycles. The summed E-state index contributed by atoms with van der Waals surface area (Å²) in [7, 11) is 0. The van der Waals surface area contributed by atoms with Gasteiger partial charge in [-0.25, -0.2) is 0 Å². The highest BCUT2D eigenvalue weighted by molar-refractivity contribution is 5.71. The van der Waals surface area contributed by atoms with E-state index in [1.54, 1.807) is 0 Å². The Labute approximate surface area is 104 Å². The maximum absolute atomic E-state index is 10.6. The summed E-state index contributed by atoms with van der Waals surface area (Å²) in [6, 6.07) is 0. The van der Waals surface area contributed by atoms with E-state index in [1.165, 1.54) is 38.5 Å². The lowest BCUT2D eigenvalue weighted by molar-refractivity contribution is -0.159. The molecule has 1 aliphatic rings. The van der Waals surface area contributed by atoms with Crippen molar-refractivity contribution in [2.75, 3.05) is 0 Å². The van der Waals surface area contributed by atoms with Crippen LogP contribution in [0.4, 0.5) is 0 Å². The van der Waals surface area contributed by atoms with Crippen LogP contribution in [0.15, 0.2) is 0 Å². The van der Waals surface area contributed by atoms with Crippen molar-refractivity contribution in [3.05, 3.63) is 0 Å². The van der Waals surface area contributed by atoms with E-state index in [0.717, 1.165) is 12.8 Å². The van der Waals surface area contributed by atoms with E-state index in [2.05, 4.69) is 6.92 Å². The molecule has 0 radical (unpaired) electrons. The normalized spacial score (nSPS) is 27.8. The number of rotatable bonds is 9. The lowest BCUT2D eigenvalue weighted by Gasteiger charge is -2.41. The van der Waals surface area contributed by atoms with Gasteiger partial charge in [0.1, 0.15) is 0 Å². The van der Waals surface area contributed by atoms with Gasteiger partial charge in [-0.05, 0) is 19.3 Å². The first-order valence-electron chi connectivity index (χ1n) is 7.02. The highest BCUT2D eigenvalue weighted by atomic mass is 16.4. The molecular formula is C14H26O3. The Bertz CT molecular complexity index is 232. The number of carbonyl (C=O) groups is 1. The second-order valence-electron chi connectivity index (χ2n) is 5.54. The van der Waals surface area contributed by atoms with Crippen LogP contribution in [0.25, 0.3) is 0 Å². The summed E-state index contributed by atoms with van der Waals surface area (Å²) in [5, 5.41) is 18.8. The van der Waals surface area contributed by atoms with Crippen molar-refractivity contribution in [3.63, 3.8) is 0 Å². The summed E-state index contributed by atoms with van der Waals surface area (Å²) in [6.07, 6.45) is 10.4. The van der Waals surface area contributed by atoms with Crippen LogP contribution in [0, 0.1) is 5.92 Å². The lowest BCUT2D eigenvalue weighted by atomic mass is 9.68. The number of unbranched alkanes of at least 4 members (excludes halogenated alkanes) is 6. The Hall–Kier alpha value is -0.570. The van der Waals surface area contributed by atoms with Gasteiger partial charge in [-0.1, -0.05) is 51.9 Å². The fourth-order valence-corrected chi connectivity index (χ4v) is 2.65. The average molecular weight is 242 g/mol. The third kappa shape index (κ3) is 5.07. The maximum Gasteiger partial charge on any atom is 0.306 e. The van der Waals surface area contributed by atoms with Gasteiger partial charge in [-0.15, -0.1) is 0 Å². The van der Waals surface area contributed by atoms with Crippen LogP contribution in [0.5, 0.6) is 0 Å². The lowest BCUT2D eigenvalue weighted by Crippen LogP contribution is -2.46. The topological polar surface area (TPSA) is 57.5 Å². The minimum atomic E-state index is -0.755. The summed E-state index contributed by atoms with van der Waals surface area (Å²) < 4.78 is 0. The second kappa shape index (κ2) is 7.00. The zero-order valence-electron chi connectivity index (χ0n) is 11.0. The SMILES string of the molecule is CCCCCCCCCC1(O)CC(C(=O)O)C1. The minimum absolute atomic E-state index is 0.301. The standard InChI is InChI=1S/C14H26O3/c1-2-3-4-5-6-7-8-9-14(17)10-12(11-14)13(15)16/h12,17H,2-11H2,1H3,(H,15,16). The molecule has 1 rings (SSSR count). The molecule has 0 saturated heterocycles. The summed E-state index contributed by atoms with van der Waals surface area (Å²) in [6.45, 7) is 2.21. The molecule has 0 aliphatic heterocycles. The fraction of sp³-hybridized carbons (Fsp3) is 0.929.